The van der Waals surface area contributed by atoms with E-state index in [9.17, 15) is 18.7 Å². The maximum absolute atomic E-state index is 13.9. The van der Waals surface area contributed by atoms with Crippen LogP contribution in [0.4, 0.5) is 14.6 Å². The Kier molecular flexibility index (Phi) is 6.58. The summed E-state index contributed by atoms with van der Waals surface area (Å²) < 4.78 is 29.9. The first kappa shape index (κ1) is 20.9. The molecule has 1 aromatic carbocycles. The van der Waals surface area contributed by atoms with Crippen molar-refractivity contribution < 1.29 is 18.7 Å². The van der Waals surface area contributed by atoms with Crippen molar-refractivity contribution in [3.8, 4) is 11.3 Å². The Labute approximate surface area is 174 Å². The minimum Gasteiger partial charge on any atom is -0.477 e. The lowest BCUT2D eigenvalue weighted by Crippen LogP contribution is -2.09. The van der Waals surface area contributed by atoms with Crippen molar-refractivity contribution in [3.63, 3.8) is 0 Å². The number of carbonyl (C=O) groups is 1. The minimum atomic E-state index is -1.00. The Morgan fingerprint density at radius 3 is 2.59 bits per heavy atom. The lowest BCUT2D eigenvalue weighted by Gasteiger charge is -2.08. The third-order valence-electron chi connectivity index (χ3n) is 4.33. The lowest BCUT2D eigenvalue weighted by atomic mass is 10.1. The number of carboxylic acids is 1. The molecule has 0 aliphatic heterocycles. The van der Waals surface area contributed by atoms with E-state index in [2.05, 4.69) is 31.2 Å². The standard InChI is InChI=1S/C20H19BrF2N4O2/c1-2-5-27-10-12(6-18(27)20(28)29)17-9-19(26-11-25-17)24-4-3-14-15(22)7-13(21)8-16(14)23/h6-11H,2-5H2,1H3,(H,28,29)(H,24,25,26). The van der Waals surface area contributed by atoms with Gasteiger partial charge in [0, 0.05) is 41.0 Å². The molecule has 0 radical (unpaired) electrons. The highest BCUT2D eigenvalue weighted by Crippen LogP contribution is 2.23. The predicted octanol–water partition coefficient (Wildman–Crippen LogP) is 4.75. The fraction of sp³-hybridized carbons (Fsp3) is 0.250. The average Bonchev–Trinajstić information content (AvgIpc) is 3.09. The van der Waals surface area contributed by atoms with Crippen LogP contribution in [0.25, 0.3) is 11.3 Å². The number of aromatic carboxylic acids is 1. The third-order valence-corrected chi connectivity index (χ3v) is 4.79. The van der Waals surface area contributed by atoms with Crippen LogP contribution in [0.2, 0.25) is 0 Å². The van der Waals surface area contributed by atoms with Crippen molar-refractivity contribution in [2.45, 2.75) is 26.3 Å². The molecule has 2 N–H and O–H groups in total. The summed E-state index contributed by atoms with van der Waals surface area (Å²) >= 11 is 3.06. The van der Waals surface area contributed by atoms with Gasteiger partial charge in [0.25, 0.3) is 0 Å². The zero-order valence-corrected chi connectivity index (χ0v) is 17.2. The topological polar surface area (TPSA) is 80.0 Å². The molecular formula is C20H19BrF2N4O2. The average molecular weight is 465 g/mol. The molecule has 0 bridgehead atoms. The zero-order valence-electron chi connectivity index (χ0n) is 15.6. The number of hydrogen-bond donors (Lipinski definition) is 2. The van der Waals surface area contributed by atoms with E-state index >= 15 is 0 Å². The fourth-order valence-electron chi connectivity index (χ4n) is 2.99. The molecule has 2 heterocycles. The zero-order chi connectivity index (χ0) is 21.0. The molecule has 0 atom stereocenters. The van der Waals surface area contributed by atoms with Gasteiger partial charge in [-0.1, -0.05) is 22.9 Å². The lowest BCUT2D eigenvalue weighted by molar-refractivity contribution is 0.0685. The maximum atomic E-state index is 13.9. The van der Waals surface area contributed by atoms with E-state index in [1.807, 2.05) is 6.92 Å². The molecule has 6 nitrogen and oxygen atoms in total. The number of halogens is 3. The SMILES string of the molecule is CCCn1cc(-c2cc(NCCc3c(F)cc(Br)cc3F)ncn2)cc1C(=O)O. The normalized spacial score (nSPS) is 10.9. The molecule has 0 saturated heterocycles. The number of aromatic nitrogens is 3. The van der Waals surface area contributed by atoms with Crippen LogP contribution in [0.5, 0.6) is 0 Å². The van der Waals surface area contributed by atoms with Gasteiger partial charge in [0.1, 0.15) is 29.5 Å². The van der Waals surface area contributed by atoms with Crippen molar-refractivity contribution in [2.24, 2.45) is 0 Å². The molecule has 3 aromatic rings. The number of nitrogens with one attached hydrogen (secondary N) is 1. The van der Waals surface area contributed by atoms with Gasteiger partial charge in [-0.15, -0.1) is 0 Å². The van der Waals surface area contributed by atoms with Gasteiger partial charge in [-0.05, 0) is 31.0 Å². The summed E-state index contributed by atoms with van der Waals surface area (Å²) in [7, 11) is 0. The van der Waals surface area contributed by atoms with Gasteiger partial charge in [0.2, 0.25) is 0 Å². The number of hydrogen-bond acceptors (Lipinski definition) is 4. The summed E-state index contributed by atoms with van der Waals surface area (Å²) in [5.41, 5.74) is 1.40. The smallest absolute Gasteiger partial charge is 0.352 e. The predicted molar refractivity (Wildman–Crippen MR) is 109 cm³/mol. The van der Waals surface area contributed by atoms with Crippen LogP contribution in [-0.2, 0) is 13.0 Å². The molecule has 0 spiro atoms. The molecule has 9 heteroatoms. The van der Waals surface area contributed by atoms with Crippen LogP contribution < -0.4 is 5.32 Å². The van der Waals surface area contributed by atoms with Crippen LogP contribution >= 0.6 is 15.9 Å². The van der Waals surface area contributed by atoms with Gasteiger partial charge < -0.3 is 15.0 Å². The highest BCUT2D eigenvalue weighted by Gasteiger charge is 2.15. The summed E-state index contributed by atoms with van der Waals surface area (Å²) in [6.07, 6.45) is 4.04. The van der Waals surface area contributed by atoms with Crippen LogP contribution in [-0.4, -0.2) is 32.2 Å². The second-order valence-corrected chi connectivity index (χ2v) is 7.34. The molecule has 29 heavy (non-hydrogen) atoms. The first-order chi connectivity index (χ1) is 13.9. The molecular weight excluding hydrogens is 446 g/mol. The number of nitrogens with zero attached hydrogens (tertiary/aromatic N) is 3. The fourth-order valence-corrected chi connectivity index (χ4v) is 3.40. The largest absolute Gasteiger partial charge is 0.477 e. The molecule has 0 fully saturated rings. The maximum Gasteiger partial charge on any atom is 0.352 e. The van der Waals surface area contributed by atoms with Gasteiger partial charge in [0.15, 0.2) is 0 Å². The van der Waals surface area contributed by atoms with E-state index in [4.69, 9.17) is 0 Å². The first-order valence-electron chi connectivity index (χ1n) is 9.02. The van der Waals surface area contributed by atoms with Crippen LogP contribution in [0.1, 0.15) is 29.4 Å². The number of aryl methyl sites for hydroxylation is 1. The summed E-state index contributed by atoms with van der Waals surface area (Å²) in [5.74, 6) is -1.75. The van der Waals surface area contributed by atoms with Gasteiger partial charge in [-0.2, -0.15) is 0 Å². The molecule has 3 rings (SSSR count). The second kappa shape index (κ2) is 9.13. The third kappa shape index (κ3) is 4.97. The number of rotatable bonds is 8. The Balaban J connectivity index is 1.74. The van der Waals surface area contributed by atoms with Crippen molar-refractivity contribution in [3.05, 3.63) is 64.2 Å². The van der Waals surface area contributed by atoms with Gasteiger partial charge in [-0.3, -0.25) is 0 Å². The van der Waals surface area contributed by atoms with Crippen molar-refractivity contribution >= 4 is 27.7 Å². The molecule has 0 unspecified atom stereocenters. The first-order valence-corrected chi connectivity index (χ1v) is 9.81. The molecule has 0 aliphatic rings. The van der Waals surface area contributed by atoms with E-state index in [1.165, 1.54) is 18.5 Å². The van der Waals surface area contributed by atoms with E-state index < -0.39 is 17.6 Å². The van der Waals surface area contributed by atoms with Gasteiger partial charge in [0.05, 0.1) is 5.69 Å². The van der Waals surface area contributed by atoms with E-state index in [0.717, 1.165) is 6.42 Å². The van der Waals surface area contributed by atoms with E-state index in [1.54, 1.807) is 22.9 Å². The quantitative estimate of drug-likeness (QED) is 0.502. The molecule has 0 saturated carbocycles. The summed E-state index contributed by atoms with van der Waals surface area (Å²) in [4.78, 5) is 19.8. The van der Waals surface area contributed by atoms with Crippen molar-refractivity contribution in [1.29, 1.82) is 0 Å². The van der Waals surface area contributed by atoms with Gasteiger partial charge >= 0.3 is 5.97 Å². The van der Waals surface area contributed by atoms with Crippen molar-refractivity contribution in [2.75, 3.05) is 11.9 Å². The minimum absolute atomic E-state index is 0.00211. The second-order valence-electron chi connectivity index (χ2n) is 6.43. The van der Waals surface area contributed by atoms with Crippen LogP contribution in [0.3, 0.4) is 0 Å². The highest BCUT2D eigenvalue weighted by molar-refractivity contribution is 9.10. The van der Waals surface area contributed by atoms with Crippen molar-refractivity contribution in [1.82, 2.24) is 14.5 Å². The molecule has 0 aliphatic carbocycles. The number of carboxylic acid groups (broad SMARTS) is 1. The molecule has 152 valence electrons. The number of benzene rings is 1. The van der Waals surface area contributed by atoms with Gasteiger partial charge in [-0.25, -0.2) is 23.5 Å². The number of anilines is 1. The Morgan fingerprint density at radius 1 is 1.21 bits per heavy atom. The Morgan fingerprint density at radius 2 is 1.93 bits per heavy atom. The van der Waals surface area contributed by atoms with E-state index in [0.29, 0.717) is 28.1 Å². The highest BCUT2D eigenvalue weighted by atomic mass is 79.9. The van der Waals surface area contributed by atoms with E-state index in [-0.39, 0.29) is 24.2 Å². The summed E-state index contributed by atoms with van der Waals surface area (Å²) in [6.45, 7) is 2.82. The summed E-state index contributed by atoms with van der Waals surface area (Å²) in [5, 5.41) is 12.4. The monoisotopic (exact) mass is 464 g/mol. The Hall–Kier alpha value is -2.81. The van der Waals surface area contributed by atoms with Crippen LogP contribution in [0, 0.1) is 11.6 Å². The van der Waals surface area contributed by atoms with Crippen LogP contribution in [0.15, 0.2) is 41.3 Å². The molecule has 0 amide bonds. The summed E-state index contributed by atoms with van der Waals surface area (Å²) in [6, 6.07) is 5.69. The molecule has 2 aromatic heterocycles. The Bertz CT molecular complexity index is 1020.